The van der Waals surface area contributed by atoms with Crippen LogP contribution >= 0.6 is 0 Å². The van der Waals surface area contributed by atoms with E-state index in [1.807, 2.05) is 24.3 Å². The molecule has 2 amide bonds. The van der Waals surface area contributed by atoms with Gasteiger partial charge < -0.3 is 10.2 Å². The van der Waals surface area contributed by atoms with E-state index in [1.165, 1.54) is 0 Å². The number of nitrogens with one attached hydrogen (secondary N) is 1. The number of hydrogen-bond acceptors (Lipinski definition) is 3. The standard InChI is InChI=1S/C13H14N3O2.V/c17-12-6-5-11(13(18)15-12)16-8-7-14-9-3-1-2-4-10(9)16;/h1-4,11H,5-8H2,(H,15,17,18);/q-1;. The van der Waals surface area contributed by atoms with Crippen molar-refractivity contribution in [1.29, 1.82) is 0 Å². The zero-order chi connectivity index (χ0) is 12.5. The Labute approximate surface area is 123 Å². The number of imide groups is 1. The molecule has 1 unspecified atom stereocenters. The molecule has 0 bridgehead atoms. The summed E-state index contributed by atoms with van der Waals surface area (Å²) in [5.74, 6) is -0.366. The number of anilines is 1. The third kappa shape index (κ3) is 2.62. The van der Waals surface area contributed by atoms with Gasteiger partial charge in [0.05, 0.1) is 0 Å². The first-order valence-corrected chi connectivity index (χ1v) is 6.12. The molecule has 1 radical (unpaired) electrons. The number of piperidine rings is 1. The quantitative estimate of drug-likeness (QED) is 0.795. The van der Waals surface area contributed by atoms with Crippen LogP contribution in [-0.2, 0) is 28.1 Å². The molecule has 3 rings (SSSR count). The maximum absolute atomic E-state index is 11.9. The summed E-state index contributed by atoms with van der Waals surface area (Å²) in [5.41, 5.74) is 1.91. The van der Waals surface area contributed by atoms with Crippen LogP contribution in [0.15, 0.2) is 24.3 Å². The second-order valence-corrected chi connectivity index (χ2v) is 4.53. The fraction of sp³-hybridized carbons (Fsp3) is 0.385. The number of carbonyl (C=O) groups excluding carboxylic acids is 2. The molecule has 1 saturated heterocycles. The van der Waals surface area contributed by atoms with Crippen LogP contribution in [0, 0.1) is 0 Å². The first-order valence-electron chi connectivity index (χ1n) is 6.12. The van der Waals surface area contributed by atoms with E-state index < -0.39 is 0 Å². The first-order chi connectivity index (χ1) is 8.75. The smallest absolute Gasteiger partial charge is 0.249 e. The number of nitrogens with zero attached hydrogens (tertiary/aromatic N) is 2. The van der Waals surface area contributed by atoms with Crippen molar-refractivity contribution in [2.75, 3.05) is 18.0 Å². The second-order valence-electron chi connectivity index (χ2n) is 4.53. The largest absolute Gasteiger partial charge is 0.681 e. The van der Waals surface area contributed by atoms with Crippen molar-refractivity contribution in [3.05, 3.63) is 29.6 Å². The summed E-state index contributed by atoms with van der Waals surface area (Å²) in [6.07, 6.45) is 0.991. The topological polar surface area (TPSA) is 63.5 Å². The van der Waals surface area contributed by atoms with Gasteiger partial charge in [0.25, 0.3) is 0 Å². The van der Waals surface area contributed by atoms with Gasteiger partial charge in [-0.2, -0.15) is 0 Å². The van der Waals surface area contributed by atoms with Crippen molar-refractivity contribution in [3.8, 4) is 0 Å². The predicted octanol–water partition coefficient (Wildman–Crippen LogP) is 1.31. The Bertz CT molecular complexity index is 506. The average molecular weight is 295 g/mol. The van der Waals surface area contributed by atoms with E-state index in [0.29, 0.717) is 19.4 Å². The second kappa shape index (κ2) is 5.67. The van der Waals surface area contributed by atoms with Crippen LogP contribution in [0.4, 0.5) is 11.4 Å². The summed E-state index contributed by atoms with van der Waals surface area (Å²) in [5, 5.41) is 6.85. The Morgan fingerprint density at radius 2 is 2.05 bits per heavy atom. The summed E-state index contributed by atoms with van der Waals surface area (Å²) < 4.78 is 0. The van der Waals surface area contributed by atoms with Crippen LogP contribution in [0.1, 0.15) is 12.8 Å². The van der Waals surface area contributed by atoms with Crippen LogP contribution < -0.4 is 10.2 Å². The maximum atomic E-state index is 11.9. The van der Waals surface area contributed by atoms with Crippen LogP contribution in [0.3, 0.4) is 0 Å². The Morgan fingerprint density at radius 3 is 2.84 bits per heavy atom. The van der Waals surface area contributed by atoms with E-state index in [-0.39, 0.29) is 36.4 Å². The summed E-state index contributed by atoms with van der Waals surface area (Å²) in [6, 6.07) is 7.56. The van der Waals surface area contributed by atoms with Gasteiger partial charge in [-0.3, -0.25) is 14.9 Å². The van der Waals surface area contributed by atoms with Gasteiger partial charge in [-0.05, 0) is 12.5 Å². The van der Waals surface area contributed by atoms with Gasteiger partial charge in [-0.1, -0.05) is 18.2 Å². The molecule has 0 spiro atoms. The Balaban J connectivity index is 0.00000133. The van der Waals surface area contributed by atoms with Crippen LogP contribution in [0.25, 0.3) is 5.32 Å². The molecule has 1 atom stereocenters. The third-order valence-corrected chi connectivity index (χ3v) is 3.40. The van der Waals surface area contributed by atoms with Gasteiger partial charge >= 0.3 is 0 Å². The number of amides is 2. The van der Waals surface area contributed by atoms with E-state index in [4.69, 9.17) is 0 Å². The zero-order valence-electron chi connectivity index (χ0n) is 10.4. The molecule has 2 aliphatic heterocycles. The van der Waals surface area contributed by atoms with E-state index in [0.717, 1.165) is 17.9 Å². The number of carbonyl (C=O) groups is 2. The van der Waals surface area contributed by atoms with Gasteiger partial charge in [0.15, 0.2) is 0 Å². The zero-order valence-corrected chi connectivity index (χ0v) is 11.8. The van der Waals surface area contributed by atoms with Crippen molar-refractivity contribution >= 4 is 23.2 Å². The summed E-state index contributed by atoms with van der Waals surface area (Å²) in [7, 11) is 0. The van der Waals surface area contributed by atoms with Crippen molar-refractivity contribution in [1.82, 2.24) is 5.32 Å². The maximum Gasteiger partial charge on any atom is 0.249 e. The minimum absolute atomic E-state index is 0. The van der Waals surface area contributed by atoms with Crippen molar-refractivity contribution in [2.24, 2.45) is 0 Å². The molecule has 1 aromatic rings. The summed E-state index contributed by atoms with van der Waals surface area (Å²) >= 11 is 0. The Morgan fingerprint density at radius 1 is 1.26 bits per heavy atom. The number of hydrogen-bond donors (Lipinski definition) is 1. The number of para-hydroxylation sites is 2. The van der Waals surface area contributed by atoms with E-state index >= 15 is 0 Å². The molecule has 1 fully saturated rings. The normalized spacial score (nSPS) is 21.9. The third-order valence-electron chi connectivity index (χ3n) is 3.40. The molecule has 19 heavy (non-hydrogen) atoms. The minimum atomic E-state index is -0.251. The molecule has 1 N–H and O–H groups in total. The average Bonchev–Trinajstić information content (AvgIpc) is 2.38. The molecule has 0 aliphatic carbocycles. The molecule has 99 valence electrons. The van der Waals surface area contributed by atoms with E-state index in [9.17, 15) is 9.59 Å². The Kier molecular flexibility index (Phi) is 4.17. The molecule has 2 heterocycles. The fourth-order valence-corrected chi connectivity index (χ4v) is 2.54. The van der Waals surface area contributed by atoms with Crippen LogP contribution in [-0.4, -0.2) is 30.9 Å². The van der Waals surface area contributed by atoms with E-state index in [1.54, 1.807) is 0 Å². The SMILES string of the molecule is O=C1CCC(N2CC[N-]c3ccccc32)C(=O)N1.[V]. The molecule has 0 aromatic heterocycles. The molecular weight excluding hydrogens is 281 g/mol. The summed E-state index contributed by atoms with van der Waals surface area (Å²) in [4.78, 5) is 25.1. The molecular formula is C13H14N3O2V-. The summed E-state index contributed by atoms with van der Waals surface area (Å²) in [6.45, 7) is 1.41. The number of rotatable bonds is 1. The van der Waals surface area contributed by atoms with Gasteiger partial charge in [0.2, 0.25) is 11.8 Å². The predicted molar refractivity (Wildman–Crippen MR) is 67.8 cm³/mol. The van der Waals surface area contributed by atoms with Gasteiger partial charge in [0, 0.05) is 37.2 Å². The fourth-order valence-electron chi connectivity index (χ4n) is 2.54. The van der Waals surface area contributed by atoms with Crippen LogP contribution in [0.5, 0.6) is 0 Å². The van der Waals surface area contributed by atoms with Crippen molar-refractivity contribution in [2.45, 2.75) is 18.9 Å². The van der Waals surface area contributed by atoms with Gasteiger partial charge in [-0.15, -0.1) is 12.2 Å². The van der Waals surface area contributed by atoms with Gasteiger partial charge in [-0.25, -0.2) is 0 Å². The minimum Gasteiger partial charge on any atom is -0.681 e. The van der Waals surface area contributed by atoms with Crippen LogP contribution in [0.2, 0.25) is 0 Å². The van der Waals surface area contributed by atoms with E-state index in [2.05, 4.69) is 15.5 Å². The van der Waals surface area contributed by atoms with Gasteiger partial charge in [0.1, 0.15) is 6.04 Å². The number of fused-ring (bicyclic) bond motifs is 1. The first kappa shape index (κ1) is 14.0. The Hall–Kier alpha value is -1.46. The molecule has 0 saturated carbocycles. The van der Waals surface area contributed by atoms with Crippen molar-refractivity contribution < 1.29 is 28.1 Å². The molecule has 1 aromatic carbocycles. The molecule has 5 nitrogen and oxygen atoms in total. The molecule has 2 aliphatic rings. The molecule has 6 heteroatoms. The monoisotopic (exact) mass is 295 g/mol. The number of benzene rings is 1. The van der Waals surface area contributed by atoms with Crippen molar-refractivity contribution in [3.63, 3.8) is 0 Å².